The Labute approximate surface area is 349 Å². The van der Waals surface area contributed by atoms with Gasteiger partial charge in [0.15, 0.2) is 17.7 Å². The van der Waals surface area contributed by atoms with Crippen LogP contribution in [0.25, 0.3) is 10.4 Å². The molecule has 1 N–H and O–H groups in total. The van der Waals surface area contributed by atoms with Crippen molar-refractivity contribution < 1.29 is 47.6 Å². The number of esters is 2. The fourth-order valence-electron chi connectivity index (χ4n) is 9.32. The summed E-state index contributed by atoms with van der Waals surface area (Å²) in [6.45, 7) is 16.2. The molecule has 330 valence electrons. The van der Waals surface area contributed by atoms with Crippen LogP contribution in [-0.4, -0.2) is 135 Å². The number of nitrogens with one attached hydrogen (secondary N) is 1. The first-order chi connectivity index (χ1) is 27.9. The smallest absolute Gasteiger partial charge is 0.410 e. The fourth-order valence-corrected chi connectivity index (χ4v) is 9.32. The van der Waals surface area contributed by atoms with Gasteiger partial charge in [0.25, 0.3) is 0 Å². The summed E-state index contributed by atoms with van der Waals surface area (Å²) in [6.07, 6.45) is -1.04. The fraction of sp³-hybridized carbons (Fsp3) is 0.767. The van der Waals surface area contributed by atoms with E-state index in [2.05, 4.69) is 27.2 Å². The molecule has 16 heteroatoms. The van der Waals surface area contributed by atoms with Crippen molar-refractivity contribution >= 4 is 23.8 Å². The number of hydrogen-bond donors (Lipinski definition) is 1. The van der Waals surface area contributed by atoms with Gasteiger partial charge in [-0.25, -0.2) is 9.59 Å². The molecule has 1 aromatic carbocycles. The zero-order valence-electron chi connectivity index (χ0n) is 36.9. The van der Waals surface area contributed by atoms with Crippen molar-refractivity contribution in [3.8, 4) is 0 Å². The molecule has 59 heavy (non-hydrogen) atoms. The van der Waals surface area contributed by atoms with Gasteiger partial charge in [0.05, 0.1) is 29.4 Å². The maximum Gasteiger partial charge on any atom is 0.410 e. The van der Waals surface area contributed by atoms with Gasteiger partial charge in [0, 0.05) is 49.0 Å². The summed E-state index contributed by atoms with van der Waals surface area (Å²) in [4.78, 5) is 61.6. The average Bonchev–Trinajstić information content (AvgIpc) is 3.48. The SMILES string of the molecule is CC[C@H]1OC(=O)[C@H](C)C(=O)[C@H](C)[C@@H](O[C@@H]2OC(COC(=O)c3ccccc3)CC(N(C)C)C2C)[C@](C)(OC)C[C@@H](C)CN[C@H](C)[C@H]2N(CCCCN=[N+]=[N-])C(=O)O[C@]12C. The van der Waals surface area contributed by atoms with Crippen LogP contribution < -0.4 is 5.32 Å². The topological polar surface area (TPSA) is 191 Å². The van der Waals surface area contributed by atoms with Crippen LogP contribution in [0.5, 0.6) is 0 Å². The Kier molecular flexibility index (Phi) is 17.2. The highest BCUT2D eigenvalue weighted by Gasteiger charge is 2.58. The number of Topliss-reactive ketones (excluding diaryl/α,β-unsaturated/α-hetero) is 1. The minimum absolute atomic E-state index is 0.0100. The van der Waals surface area contributed by atoms with Gasteiger partial charge < -0.3 is 38.6 Å². The number of methoxy groups -OCH3 is 1. The molecule has 0 aliphatic carbocycles. The number of rotatable bonds is 13. The molecule has 1 aromatic rings. The van der Waals surface area contributed by atoms with E-state index in [-0.39, 0.29) is 36.3 Å². The summed E-state index contributed by atoms with van der Waals surface area (Å²) >= 11 is 0. The van der Waals surface area contributed by atoms with Gasteiger partial charge in [0.1, 0.15) is 18.6 Å². The number of benzene rings is 1. The largest absolute Gasteiger partial charge is 0.459 e. The van der Waals surface area contributed by atoms with Gasteiger partial charge >= 0.3 is 18.0 Å². The van der Waals surface area contributed by atoms with E-state index >= 15 is 0 Å². The van der Waals surface area contributed by atoms with Gasteiger partial charge in [0.2, 0.25) is 0 Å². The van der Waals surface area contributed by atoms with Crippen molar-refractivity contribution in [1.29, 1.82) is 0 Å². The number of ketones is 1. The standard InChI is InChI=1S/C43H68N6O10/c1-12-34-43(8)36(49(41(53)59-43)21-17-16-20-46-47-44)30(6)45-24-26(2)23-42(7,54-11)37(28(4)35(50)29(5)38(51)57-34)58-40-27(3)33(48(9)10)22-32(56-40)25-55-39(52)31-18-14-13-15-19-31/h13-15,18-19,26-30,32-34,36-37,40,45H,12,16-17,20-25H2,1-11H3/t26-,27?,28+,29-,30-,32?,33?,34-,36-,37-,40+,42-,43-/m1/s1. The van der Waals surface area contributed by atoms with Crippen LogP contribution in [0.1, 0.15) is 97.9 Å². The Morgan fingerprint density at radius 2 is 1.78 bits per heavy atom. The molecule has 0 aromatic heterocycles. The van der Waals surface area contributed by atoms with E-state index in [1.165, 1.54) is 6.92 Å². The molecule has 3 aliphatic rings. The molecule has 0 radical (unpaired) electrons. The van der Waals surface area contributed by atoms with Gasteiger partial charge in [-0.05, 0) is 104 Å². The lowest BCUT2D eigenvalue weighted by Crippen LogP contribution is -2.61. The molecule has 16 nitrogen and oxygen atoms in total. The van der Waals surface area contributed by atoms with Crippen molar-refractivity contribution in [2.75, 3.05) is 47.4 Å². The lowest BCUT2D eigenvalue weighted by atomic mass is 9.78. The first-order valence-electron chi connectivity index (χ1n) is 21.1. The molecular formula is C43H68N6O10. The third-order valence-corrected chi connectivity index (χ3v) is 12.7. The molecule has 3 unspecified atom stereocenters. The van der Waals surface area contributed by atoms with E-state index in [0.29, 0.717) is 57.3 Å². The number of fused-ring (bicyclic) bond motifs is 1. The predicted molar refractivity (Wildman–Crippen MR) is 220 cm³/mol. The number of cyclic esters (lactones) is 1. The number of ether oxygens (including phenoxy) is 6. The van der Waals surface area contributed by atoms with Gasteiger partial charge in [-0.3, -0.25) is 14.5 Å². The number of carbonyl (C=O) groups is 4. The molecule has 3 aliphatic heterocycles. The van der Waals surface area contributed by atoms with Crippen LogP contribution in [-0.2, 0) is 38.0 Å². The highest BCUT2D eigenvalue weighted by Crippen LogP contribution is 2.40. The second kappa shape index (κ2) is 21.1. The Morgan fingerprint density at radius 1 is 1.08 bits per heavy atom. The van der Waals surface area contributed by atoms with Crippen LogP contribution in [0, 0.1) is 23.7 Å². The molecule has 3 fully saturated rings. The number of unbranched alkanes of at least 4 members (excludes halogenated alkanes) is 1. The first-order valence-corrected chi connectivity index (χ1v) is 21.1. The maximum atomic E-state index is 14.5. The Balaban J connectivity index is 1.66. The second-order valence-corrected chi connectivity index (χ2v) is 17.4. The maximum absolute atomic E-state index is 14.5. The highest BCUT2D eigenvalue weighted by molar-refractivity contribution is 6.00. The van der Waals surface area contributed by atoms with Gasteiger partial charge in [-0.1, -0.05) is 51.0 Å². The zero-order chi connectivity index (χ0) is 43.7. The normalized spacial score (nSPS) is 36.1. The second-order valence-electron chi connectivity index (χ2n) is 17.4. The lowest BCUT2D eigenvalue weighted by molar-refractivity contribution is -0.286. The minimum Gasteiger partial charge on any atom is -0.459 e. The van der Waals surface area contributed by atoms with Crippen LogP contribution in [0.4, 0.5) is 4.79 Å². The molecule has 0 spiro atoms. The van der Waals surface area contributed by atoms with E-state index < -0.39 is 71.7 Å². The summed E-state index contributed by atoms with van der Waals surface area (Å²) in [5.41, 5.74) is 6.87. The van der Waals surface area contributed by atoms with Crippen molar-refractivity contribution in [3.63, 3.8) is 0 Å². The Bertz CT molecular complexity index is 1630. The van der Waals surface area contributed by atoms with Gasteiger partial charge in [-0.15, -0.1) is 0 Å². The molecule has 3 saturated heterocycles. The zero-order valence-corrected chi connectivity index (χ0v) is 36.9. The third-order valence-electron chi connectivity index (χ3n) is 12.7. The van der Waals surface area contributed by atoms with E-state index in [4.69, 9.17) is 34.0 Å². The van der Waals surface area contributed by atoms with Crippen LogP contribution in [0.15, 0.2) is 35.4 Å². The van der Waals surface area contributed by atoms with Crippen molar-refractivity contribution in [2.24, 2.45) is 28.8 Å². The van der Waals surface area contributed by atoms with Crippen LogP contribution >= 0.6 is 0 Å². The molecule has 13 atom stereocenters. The average molecular weight is 829 g/mol. The summed E-state index contributed by atoms with van der Waals surface area (Å²) in [5.74, 6) is -3.80. The summed E-state index contributed by atoms with van der Waals surface area (Å²) in [7, 11) is 5.57. The number of carbonyl (C=O) groups excluding carboxylic acids is 4. The first kappa shape index (κ1) is 47.9. The number of hydrogen-bond acceptors (Lipinski definition) is 13. The van der Waals surface area contributed by atoms with Crippen molar-refractivity contribution in [1.82, 2.24) is 15.1 Å². The van der Waals surface area contributed by atoms with E-state index in [0.717, 1.165) is 0 Å². The molecule has 1 amide bonds. The molecule has 4 rings (SSSR count). The highest BCUT2D eigenvalue weighted by atomic mass is 16.7. The van der Waals surface area contributed by atoms with Gasteiger partial charge in [-0.2, -0.15) is 0 Å². The molecule has 0 bridgehead atoms. The molecule has 0 saturated carbocycles. The van der Waals surface area contributed by atoms with E-state index in [9.17, 15) is 19.2 Å². The quantitative estimate of drug-likeness (QED) is 0.0454. The number of azide groups is 1. The minimum atomic E-state index is -1.24. The number of nitrogens with zero attached hydrogens (tertiary/aromatic N) is 5. The van der Waals surface area contributed by atoms with Crippen molar-refractivity contribution in [3.05, 3.63) is 46.3 Å². The Hall–Kier alpha value is -3.79. The summed E-state index contributed by atoms with van der Waals surface area (Å²) in [5, 5.41) is 7.27. The Morgan fingerprint density at radius 3 is 2.41 bits per heavy atom. The molecular weight excluding hydrogens is 761 g/mol. The van der Waals surface area contributed by atoms with Crippen LogP contribution in [0.3, 0.4) is 0 Å². The lowest BCUT2D eigenvalue weighted by Gasteiger charge is -2.47. The third kappa shape index (κ3) is 11.3. The van der Waals surface area contributed by atoms with E-state index in [1.54, 1.807) is 50.1 Å². The summed E-state index contributed by atoms with van der Waals surface area (Å²) in [6, 6.07) is 7.93. The summed E-state index contributed by atoms with van der Waals surface area (Å²) < 4.78 is 37.9. The monoisotopic (exact) mass is 828 g/mol. The van der Waals surface area contributed by atoms with Crippen molar-refractivity contribution in [2.45, 2.75) is 141 Å². The number of amides is 1. The predicted octanol–water partition coefficient (Wildman–Crippen LogP) is 6.17. The van der Waals surface area contributed by atoms with E-state index in [1.807, 2.05) is 47.9 Å². The van der Waals surface area contributed by atoms with Crippen LogP contribution in [0.2, 0.25) is 0 Å². The molecule has 3 heterocycles.